The number of nitrogens with zero attached hydrogens (tertiary/aromatic N) is 3. The van der Waals surface area contributed by atoms with Crippen LogP contribution in [0.2, 0.25) is 5.02 Å². The molecule has 0 saturated carbocycles. The molecule has 2 heterocycles. The topological polar surface area (TPSA) is 72.7 Å². The standard InChI is InChI=1S/C32H26ClN3O3/c1-20-17-24(21(2)36(20)29-8-6-5-7-28(29)33)19-35-32-27(18-34)30(22-9-13-25(37-3)14-10-22)31(39-32)23-11-15-26(38-4)16-12-23/h5-17,19H,1-4H3. The quantitative estimate of drug-likeness (QED) is 0.196. The van der Waals surface area contributed by atoms with Crippen molar-refractivity contribution in [2.24, 2.45) is 4.99 Å². The van der Waals surface area contributed by atoms with E-state index in [1.165, 1.54) is 0 Å². The zero-order chi connectivity index (χ0) is 27.5. The first-order chi connectivity index (χ1) is 18.9. The molecule has 0 aliphatic heterocycles. The van der Waals surface area contributed by atoms with Gasteiger partial charge in [0.2, 0.25) is 5.88 Å². The van der Waals surface area contributed by atoms with Crippen LogP contribution < -0.4 is 9.47 Å². The molecular weight excluding hydrogens is 510 g/mol. The van der Waals surface area contributed by atoms with Gasteiger partial charge in [-0.1, -0.05) is 35.9 Å². The van der Waals surface area contributed by atoms with Crippen LogP contribution in [0.25, 0.3) is 28.1 Å². The number of para-hydroxylation sites is 1. The molecule has 5 rings (SSSR count). The van der Waals surface area contributed by atoms with E-state index in [1.54, 1.807) is 20.4 Å². The summed E-state index contributed by atoms with van der Waals surface area (Å²) in [6, 6.07) is 27.1. The second kappa shape index (κ2) is 10.9. The van der Waals surface area contributed by atoms with E-state index < -0.39 is 0 Å². The Morgan fingerprint density at radius 1 is 0.897 bits per heavy atom. The Bertz CT molecular complexity index is 1710. The van der Waals surface area contributed by atoms with Gasteiger partial charge in [0.25, 0.3) is 0 Å². The van der Waals surface area contributed by atoms with Crippen molar-refractivity contribution in [3.63, 3.8) is 0 Å². The monoisotopic (exact) mass is 535 g/mol. The van der Waals surface area contributed by atoms with Crippen molar-refractivity contribution in [3.8, 4) is 45.7 Å². The maximum atomic E-state index is 10.2. The van der Waals surface area contributed by atoms with E-state index in [4.69, 9.17) is 25.5 Å². The Labute approximate surface area is 232 Å². The van der Waals surface area contributed by atoms with E-state index in [1.807, 2.05) is 92.7 Å². The lowest BCUT2D eigenvalue weighted by Crippen LogP contribution is -2.00. The van der Waals surface area contributed by atoms with Crippen molar-refractivity contribution < 1.29 is 13.9 Å². The fourth-order valence-electron chi connectivity index (χ4n) is 4.64. The molecule has 0 saturated heterocycles. The average molecular weight is 536 g/mol. The minimum Gasteiger partial charge on any atom is -0.497 e. The first-order valence-electron chi connectivity index (χ1n) is 12.3. The summed E-state index contributed by atoms with van der Waals surface area (Å²) in [5.41, 5.74) is 6.41. The number of hydrogen-bond acceptors (Lipinski definition) is 5. The van der Waals surface area contributed by atoms with Gasteiger partial charge in [-0.15, -0.1) is 0 Å². The SMILES string of the molecule is COc1ccc(-c2oc(N=Cc3cc(C)n(-c4ccccc4Cl)c3C)c(C#N)c2-c2ccc(OC)cc2)cc1. The molecule has 39 heavy (non-hydrogen) atoms. The highest BCUT2D eigenvalue weighted by Crippen LogP contribution is 2.43. The highest BCUT2D eigenvalue weighted by atomic mass is 35.5. The minimum absolute atomic E-state index is 0.233. The van der Waals surface area contributed by atoms with Gasteiger partial charge in [-0.25, -0.2) is 4.99 Å². The van der Waals surface area contributed by atoms with E-state index in [0.29, 0.717) is 21.9 Å². The normalized spacial score (nSPS) is 11.1. The number of rotatable bonds is 7. The van der Waals surface area contributed by atoms with Gasteiger partial charge in [-0.2, -0.15) is 5.26 Å². The molecule has 6 nitrogen and oxygen atoms in total. The Kier molecular flexibility index (Phi) is 7.27. The molecule has 0 spiro atoms. The van der Waals surface area contributed by atoms with Gasteiger partial charge in [0.15, 0.2) is 0 Å². The number of methoxy groups -OCH3 is 2. The van der Waals surface area contributed by atoms with E-state index in [9.17, 15) is 5.26 Å². The molecule has 0 aliphatic carbocycles. The number of hydrogen-bond donors (Lipinski definition) is 0. The molecular formula is C32H26ClN3O3. The summed E-state index contributed by atoms with van der Waals surface area (Å²) in [6.07, 6.45) is 1.73. The highest BCUT2D eigenvalue weighted by molar-refractivity contribution is 6.32. The van der Waals surface area contributed by atoms with E-state index in [2.05, 4.69) is 15.6 Å². The van der Waals surface area contributed by atoms with Crippen molar-refractivity contribution >= 4 is 23.7 Å². The zero-order valence-corrected chi connectivity index (χ0v) is 22.8. The van der Waals surface area contributed by atoms with Crippen LogP contribution in [-0.4, -0.2) is 25.0 Å². The summed E-state index contributed by atoms with van der Waals surface area (Å²) in [5, 5.41) is 10.9. The van der Waals surface area contributed by atoms with Crippen molar-refractivity contribution in [1.29, 1.82) is 5.26 Å². The summed E-state index contributed by atoms with van der Waals surface area (Å²) in [4.78, 5) is 4.67. The van der Waals surface area contributed by atoms with Gasteiger partial charge in [0.05, 0.1) is 24.9 Å². The van der Waals surface area contributed by atoms with E-state index in [-0.39, 0.29) is 5.88 Å². The molecule has 5 aromatic rings. The number of nitriles is 1. The van der Waals surface area contributed by atoms with Crippen molar-refractivity contribution in [2.45, 2.75) is 13.8 Å². The van der Waals surface area contributed by atoms with Gasteiger partial charge in [-0.05, 0) is 74.0 Å². The third kappa shape index (κ3) is 4.93. The van der Waals surface area contributed by atoms with Gasteiger partial charge in [0, 0.05) is 34.3 Å². The summed E-state index contributed by atoms with van der Waals surface area (Å²) in [7, 11) is 3.24. The Morgan fingerprint density at radius 3 is 2.10 bits per heavy atom. The number of aromatic nitrogens is 1. The number of ether oxygens (including phenoxy) is 2. The molecule has 0 amide bonds. The van der Waals surface area contributed by atoms with Crippen LogP contribution in [0.1, 0.15) is 22.5 Å². The van der Waals surface area contributed by atoms with Crippen LogP contribution in [0.3, 0.4) is 0 Å². The predicted octanol–water partition coefficient (Wildman–Crippen LogP) is 8.31. The maximum absolute atomic E-state index is 10.2. The van der Waals surface area contributed by atoms with Crippen LogP contribution >= 0.6 is 11.6 Å². The third-order valence-electron chi connectivity index (χ3n) is 6.62. The molecule has 0 fully saturated rings. The second-order valence-electron chi connectivity index (χ2n) is 8.93. The van der Waals surface area contributed by atoms with Crippen molar-refractivity contribution in [2.75, 3.05) is 14.2 Å². The lowest BCUT2D eigenvalue weighted by atomic mass is 9.98. The third-order valence-corrected chi connectivity index (χ3v) is 6.94. The number of benzene rings is 3. The van der Waals surface area contributed by atoms with Crippen LogP contribution in [-0.2, 0) is 0 Å². The minimum atomic E-state index is 0.233. The predicted molar refractivity (Wildman–Crippen MR) is 155 cm³/mol. The Hall–Kier alpha value is -4.73. The first kappa shape index (κ1) is 25.9. The average Bonchev–Trinajstić information content (AvgIpc) is 3.48. The fraction of sp³-hybridized carbons (Fsp3) is 0.125. The largest absolute Gasteiger partial charge is 0.497 e. The molecule has 0 radical (unpaired) electrons. The van der Waals surface area contributed by atoms with Crippen LogP contribution in [0.15, 0.2) is 88.3 Å². The molecule has 0 atom stereocenters. The number of aliphatic imine (C=N–C) groups is 1. The lowest BCUT2D eigenvalue weighted by molar-refractivity contribution is 0.414. The molecule has 7 heteroatoms. The van der Waals surface area contributed by atoms with Gasteiger partial charge < -0.3 is 18.5 Å². The molecule has 0 aliphatic rings. The maximum Gasteiger partial charge on any atom is 0.238 e. The van der Waals surface area contributed by atoms with Crippen LogP contribution in [0.4, 0.5) is 5.88 Å². The molecule has 3 aromatic carbocycles. The number of halogens is 1. The molecule has 0 bridgehead atoms. The summed E-state index contributed by atoms with van der Waals surface area (Å²) < 4.78 is 19.0. The fourth-order valence-corrected chi connectivity index (χ4v) is 4.86. The zero-order valence-electron chi connectivity index (χ0n) is 22.0. The van der Waals surface area contributed by atoms with Gasteiger partial charge >= 0.3 is 0 Å². The van der Waals surface area contributed by atoms with Crippen molar-refractivity contribution in [3.05, 3.63) is 106 Å². The smallest absolute Gasteiger partial charge is 0.238 e. The first-order valence-corrected chi connectivity index (χ1v) is 12.7. The number of furan rings is 1. The summed E-state index contributed by atoms with van der Waals surface area (Å²) in [6.45, 7) is 4.03. The Balaban J connectivity index is 1.63. The van der Waals surface area contributed by atoms with Crippen LogP contribution in [0, 0.1) is 25.2 Å². The summed E-state index contributed by atoms with van der Waals surface area (Å²) in [5.74, 6) is 2.23. The molecule has 0 N–H and O–H groups in total. The molecule has 0 unspecified atom stereocenters. The van der Waals surface area contributed by atoms with E-state index >= 15 is 0 Å². The van der Waals surface area contributed by atoms with Gasteiger partial charge in [-0.3, -0.25) is 0 Å². The molecule has 194 valence electrons. The molecule has 2 aromatic heterocycles. The van der Waals surface area contributed by atoms with Crippen molar-refractivity contribution in [1.82, 2.24) is 4.57 Å². The summed E-state index contributed by atoms with van der Waals surface area (Å²) >= 11 is 6.48. The Morgan fingerprint density at radius 2 is 1.51 bits per heavy atom. The lowest BCUT2D eigenvalue weighted by Gasteiger charge is -2.11. The van der Waals surface area contributed by atoms with E-state index in [0.717, 1.165) is 45.3 Å². The van der Waals surface area contributed by atoms with Crippen LogP contribution in [0.5, 0.6) is 11.5 Å². The number of aryl methyl sites for hydroxylation is 1. The second-order valence-corrected chi connectivity index (χ2v) is 9.33. The van der Waals surface area contributed by atoms with Gasteiger partial charge in [0.1, 0.15) is 28.9 Å². The highest BCUT2D eigenvalue weighted by Gasteiger charge is 2.23.